The molecule has 0 amide bonds. The molecule has 114 valence electrons. The van der Waals surface area contributed by atoms with E-state index in [0.29, 0.717) is 11.1 Å². The Bertz CT molecular complexity index is 709. The van der Waals surface area contributed by atoms with Crippen molar-refractivity contribution in [3.8, 4) is 5.75 Å². The fourth-order valence-corrected chi connectivity index (χ4v) is 2.22. The third-order valence-corrected chi connectivity index (χ3v) is 3.45. The molecule has 0 fully saturated rings. The third kappa shape index (κ3) is 3.41. The zero-order valence-electron chi connectivity index (χ0n) is 11.9. The number of aliphatic carboxylic acids is 1. The zero-order valence-corrected chi connectivity index (χ0v) is 11.9. The van der Waals surface area contributed by atoms with Crippen LogP contribution in [0.25, 0.3) is 0 Å². The van der Waals surface area contributed by atoms with Crippen molar-refractivity contribution >= 4 is 11.7 Å². The van der Waals surface area contributed by atoms with Crippen LogP contribution in [0.2, 0.25) is 0 Å². The van der Waals surface area contributed by atoms with E-state index in [-0.39, 0.29) is 6.42 Å². The number of hydrogen-bond acceptors (Lipinski definition) is 4. The number of carbonyl (C=O) groups is 1. The molecule has 0 aliphatic rings. The molecule has 2 N–H and O–H groups in total. The van der Waals surface area contributed by atoms with E-state index in [0.717, 1.165) is 5.56 Å². The number of rotatable bonds is 5. The van der Waals surface area contributed by atoms with Gasteiger partial charge in [-0.25, -0.2) is 0 Å². The molecule has 0 saturated heterocycles. The summed E-state index contributed by atoms with van der Waals surface area (Å²) in [6.45, 7) is 1.91. The number of hydrogen-bond donors (Lipinski definition) is 2. The van der Waals surface area contributed by atoms with Gasteiger partial charge in [-0.05, 0) is 30.5 Å². The van der Waals surface area contributed by atoms with Crippen molar-refractivity contribution in [3.63, 3.8) is 0 Å². The van der Waals surface area contributed by atoms with Gasteiger partial charge < -0.3 is 10.2 Å². The second-order valence-electron chi connectivity index (χ2n) is 5.09. The number of phenols is 1. The summed E-state index contributed by atoms with van der Waals surface area (Å²) >= 11 is 0. The molecular weight excluding hydrogens is 286 g/mol. The van der Waals surface area contributed by atoms with E-state index < -0.39 is 28.2 Å². The fourth-order valence-electron chi connectivity index (χ4n) is 2.22. The van der Waals surface area contributed by atoms with Gasteiger partial charge in [-0.3, -0.25) is 14.9 Å². The Labute approximate surface area is 126 Å². The smallest absolute Gasteiger partial charge is 0.311 e. The fraction of sp³-hybridized carbons (Fsp3) is 0.188. The van der Waals surface area contributed by atoms with Gasteiger partial charge in [-0.1, -0.05) is 35.9 Å². The van der Waals surface area contributed by atoms with Crippen LogP contribution in [0.5, 0.6) is 5.75 Å². The number of carboxylic acids is 1. The molecule has 0 aliphatic heterocycles. The summed E-state index contributed by atoms with van der Waals surface area (Å²) in [6.07, 6.45) is 0.111. The van der Waals surface area contributed by atoms with Crippen LogP contribution in [-0.4, -0.2) is 21.1 Å². The number of aromatic hydroxyl groups is 1. The second kappa shape index (κ2) is 6.26. The minimum Gasteiger partial charge on any atom is -0.502 e. The van der Waals surface area contributed by atoms with Gasteiger partial charge in [0.05, 0.1) is 10.8 Å². The Morgan fingerprint density at radius 3 is 2.41 bits per heavy atom. The number of nitrogens with zero attached hydrogens (tertiary/aromatic N) is 1. The summed E-state index contributed by atoms with van der Waals surface area (Å²) in [6, 6.07) is 11.0. The van der Waals surface area contributed by atoms with Crippen LogP contribution < -0.4 is 0 Å². The summed E-state index contributed by atoms with van der Waals surface area (Å²) in [7, 11) is 0. The molecule has 0 saturated carbocycles. The molecule has 2 aromatic rings. The molecular formula is C16H15NO5. The Balaban J connectivity index is 2.32. The Kier molecular flexibility index (Phi) is 4.41. The average Bonchev–Trinajstić information content (AvgIpc) is 2.47. The van der Waals surface area contributed by atoms with Crippen LogP contribution in [0, 0.1) is 17.0 Å². The molecule has 2 rings (SSSR count). The molecule has 1 atom stereocenters. The first-order chi connectivity index (χ1) is 10.4. The van der Waals surface area contributed by atoms with Gasteiger partial charge in [0, 0.05) is 6.07 Å². The van der Waals surface area contributed by atoms with E-state index in [4.69, 9.17) is 0 Å². The van der Waals surface area contributed by atoms with Crippen LogP contribution >= 0.6 is 0 Å². The third-order valence-electron chi connectivity index (χ3n) is 3.45. The SMILES string of the molecule is Cc1ccc(C(Cc2ccc(O)c([N+](=O)[O-])c2)C(=O)O)cc1. The van der Waals surface area contributed by atoms with E-state index in [9.17, 15) is 25.1 Å². The molecule has 0 radical (unpaired) electrons. The van der Waals surface area contributed by atoms with Crippen LogP contribution in [-0.2, 0) is 11.2 Å². The van der Waals surface area contributed by atoms with Gasteiger partial charge in [0.2, 0.25) is 0 Å². The van der Waals surface area contributed by atoms with Crippen molar-refractivity contribution in [2.24, 2.45) is 0 Å². The highest BCUT2D eigenvalue weighted by molar-refractivity contribution is 5.76. The lowest BCUT2D eigenvalue weighted by Gasteiger charge is -2.13. The van der Waals surface area contributed by atoms with Gasteiger partial charge in [-0.15, -0.1) is 0 Å². The standard InChI is InChI=1S/C16H15NO5/c1-10-2-5-12(6-3-10)13(16(19)20)8-11-4-7-15(18)14(9-11)17(21)22/h2-7,9,13,18H,8H2,1H3,(H,19,20). The quantitative estimate of drug-likeness (QED) is 0.653. The predicted octanol–water partition coefficient (Wildman–Crippen LogP) is 3.02. The molecule has 6 heteroatoms. The molecule has 0 heterocycles. The normalized spacial score (nSPS) is 11.9. The first-order valence-corrected chi connectivity index (χ1v) is 6.64. The van der Waals surface area contributed by atoms with Crippen LogP contribution in [0.1, 0.15) is 22.6 Å². The minimum atomic E-state index is -1.00. The van der Waals surface area contributed by atoms with Crippen LogP contribution in [0.3, 0.4) is 0 Å². The van der Waals surface area contributed by atoms with Crippen molar-refractivity contribution < 1.29 is 19.9 Å². The van der Waals surface area contributed by atoms with Crippen molar-refractivity contribution in [2.75, 3.05) is 0 Å². The van der Waals surface area contributed by atoms with Gasteiger partial charge in [0.15, 0.2) is 5.75 Å². The highest BCUT2D eigenvalue weighted by Crippen LogP contribution is 2.29. The zero-order chi connectivity index (χ0) is 16.3. The first kappa shape index (κ1) is 15.5. The second-order valence-corrected chi connectivity index (χ2v) is 5.09. The topological polar surface area (TPSA) is 101 Å². The van der Waals surface area contributed by atoms with E-state index >= 15 is 0 Å². The van der Waals surface area contributed by atoms with Gasteiger partial charge >= 0.3 is 11.7 Å². The summed E-state index contributed by atoms with van der Waals surface area (Å²) < 4.78 is 0. The molecule has 0 aromatic heterocycles. The lowest BCUT2D eigenvalue weighted by atomic mass is 9.91. The highest BCUT2D eigenvalue weighted by Gasteiger charge is 2.22. The van der Waals surface area contributed by atoms with Gasteiger partial charge in [0.25, 0.3) is 0 Å². The van der Waals surface area contributed by atoms with Crippen LogP contribution in [0.15, 0.2) is 42.5 Å². The van der Waals surface area contributed by atoms with Crippen LogP contribution in [0.4, 0.5) is 5.69 Å². The molecule has 2 aromatic carbocycles. The lowest BCUT2D eigenvalue weighted by Crippen LogP contribution is -2.14. The summed E-state index contributed by atoms with van der Waals surface area (Å²) in [4.78, 5) is 21.6. The van der Waals surface area contributed by atoms with E-state index in [1.165, 1.54) is 18.2 Å². The van der Waals surface area contributed by atoms with E-state index in [1.807, 2.05) is 19.1 Å². The highest BCUT2D eigenvalue weighted by atomic mass is 16.6. The van der Waals surface area contributed by atoms with Crippen molar-refractivity contribution in [1.29, 1.82) is 0 Å². The maximum Gasteiger partial charge on any atom is 0.311 e. The summed E-state index contributed by atoms with van der Waals surface area (Å²) in [5.74, 6) is -2.24. The Hall–Kier alpha value is -2.89. The maximum atomic E-state index is 11.5. The Morgan fingerprint density at radius 2 is 1.86 bits per heavy atom. The molecule has 6 nitrogen and oxygen atoms in total. The minimum absolute atomic E-state index is 0.111. The van der Waals surface area contributed by atoms with Gasteiger partial charge in [0.1, 0.15) is 0 Å². The summed E-state index contributed by atoms with van der Waals surface area (Å²) in [5.41, 5.74) is 1.71. The molecule has 0 aliphatic carbocycles. The van der Waals surface area contributed by atoms with Crippen molar-refractivity contribution in [1.82, 2.24) is 0 Å². The Morgan fingerprint density at radius 1 is 1.23 bits per heavy atom. The summed E-state index contributed by atoms with van der Waals surface area (Å²) in [5, 5.41) is 29.7. The number of nitro groups is 1. The van der Waals surface area contributed by atoms with Gasteiger partial charge in [-0.2, -0.15) is 0 Å². The average molecular weight is 301 g/mol. The predicted molar refractivity (Wildman–Crippen MR) is 80.0 cm³/mol. The lowest BCUT2D eigenvalue weighted by molar-refractivity contribution is -0.385. The van der Waals surface area contributed by atoms with Crippen molar-refractivity contribution in [2.45, 2.75) is 19.3 Å². The number of phenolic OH excluding ortho intramolecular Hbond substituents is 1. The van der Waals surface area contributed by atoms with Crippen molar-refractivity contribution in [3.05, 3.63) is 69.3 Å². The first-order valence-electron chi connectivity index (χ1n) is 6.64. The largest absolute Gasteiger partial charge is 0.502 e. The molecule has 22 heavy (non-hydrogen) atoms. The molecule has 0 bridgehead atoms. The maximum absolute atomic E-state index is 11.5. The van der Waals surface area contributed by atoms with E-state index in [2.05, 4.69) is 0 Å². The van der Waals surface area contributed by atoms with E-state index in [1.54, 1.807) is 12.1 Å². The molecule has 0 spiro atoms. The monoisotopic (exact) mass is 301 g/mol. The number of carboxylic acid groups (broad SMARTS) is 1. The number of benzene rings is 2. The molecule has 1 unspecified atom stereocenters. The number of aryl methyl sites for hydroxylation is 1. The number of nitro benzene ring substituents is 1.